The molecule has 0 amide bonds. The molecule has 0 atom stereocenters. The van der Waals surface area contributed by atoms with Crippen LogP contribution in [-0.4, -0.2) is 5.92 Å². The lowest BCUT2D eigenvalue weighted by molar-refractivity contribution is 1.35. The molecule has 1 aliphatic rings. The van der Waals surface area contributed by atoms with Crippen LogP contribution < -0.4 is 10.6 Å². The average Bonchev–Trinajstić information content (AvgIpc) is 2.33. The first-order chi connectivity index (χ1) is 4.47. The van der Waals surface area contributed by atoms with Crippen LogP contribution in [0.5, 0.6) is 0 Å². The highest BCUT2D eigenvalue weighted by Crippen LogP contribution is 2.14. The lowest BCUT2D eigenvalue weighted by Crippen LogP contribution is -1.93. The number of hydrogen-bond acceptors (Lipinski definition) is 0. The molecule has 0 aliphatic carbocycles. The Morgan fingerprint density at radius 2 is 2.11 bits per heavy atom. The molecule has 1 aromatic carbocycles. The second kappa shape index (κ2) is 1.85. The topological polar surface area (TPSA) is 14.1 Å². The molecule has 1 radical (unpaired) electrons. The summed E-state index contributed by atoms with van der Waals surface area (Å²) in [4.78, 5) is 0. The first kappa shape index (κ1) is 5.01. The minimum absolute atomic E-state index is 1.12. The molecule has 1 heterocycles. The van der Waals surface area contributed by atoms with Gasteiger partial charge in [0.15, 0.2) is 0 Å². The Hall–Kier alpha value is -0.810. The predicted molar refractivity (Wildman–Crippen MR) is 40.9 cm³/mol. The summed E-state index contributed by atoms with van der Waals surface area (Å²) < 4.78 is 0. The standard InChI is InChI=1S/C7H5NP/c1-2-4-7-6(3-1)8-5-9-7/h1-5H. The fourth-order valence-electron chi connectivity index (χ4n) is 0.836. The van der Waals surface area contributed by atoms with Gasteiger partial charge in [-0.1, -0.05) is 12.1 Å². The van der Waals surface area contributed by atoms with Crippen LogP contribution in [0.25, 0.3) is 0 Å². The summed E-state index contributed by atoms with van der Waals surface area (Å²) in [6.45, 7) is 0. The Morgan fingerprint density at radius 1 is 1.22 bits per heavy atom. The van der Waals surface area contributed by atoms with E-state index in [1.54, 1.807) is 0 Å². The summed E-state index contributed by atoms with van der Waals surface area (Å²) in [5, 5.41) is 5.48. The van der Waals surface area contributed by atoms with Crippen molar-refractivity contribution in [3.63, 3.8) is 0 Å². The summed E-state index contributed by atoms with van der Waals surface area (Å²) in [5.74, 6) is 1.92. The van der Waals surface area contributed by atoms with Gasteiger partial charge >= 0.3 is 0 Å². The molecule has 0 spiro atoms. The largest absolute Gasteiger partial charge is 0.251 e. The second-order valence-electron chi connectivity index (χ2n) is 1.86. The highest BCUT2D eigenvalue weighted by atomic mass is 31.1. The van der Waals surface area contributed by atoms with Crippen molar-refractivity contribution in [1.29, 1.82) is 0 Å². The monoisotopic (exact) mass is 134 g/mol. The van der Waals surface area contributed by atoms with Gasteiger partial charge in [0, 0.05) is 5.30 Å². The molecule has 0 unspecified atom stereocenters. The van der Waals surface area contributed by atoms with E-state index in [2.05, 4.69) is 11.4 Å². The molecule has 9 heavy (non-hydrogen) atoms. The number of fused-ring (bicyclic) bond motifs is 1. The Balaban J connectivity index is 2.63. The SMILES string of the molecule is C1=Pc2ccccc2[N]1. The molecule has 1 aliphatic heterocycles. The van der Waals surface area contributed by atoms with Crippen LogP contribution in [0.1, 0.15) is 0 Å². The van der Waals surface area contributed by atoms with Crippen LogP contribution in [0.4, 0.5) is 5.69 Å². The van der Waals surface area contributed by atoms with Crippen LogP contribution in [0.2, 0.25) is 0 Å². The van der Waals surface area contributed by atoms with E-state index in [4.69, 9.17) is 0 Å². The van der Waals surface area contributed by atoms with Crippen LogP contribution in [0.15, 0.2) is 24.3 Å². The normalized spacial score (nSPS) is 14.7. The molecule has 0 fully saturated rings. The number of nitrogens with zero attached hydrogens (tertiary/aromatic N) is 1. The van der Waals surface area contributed by atoms with Gasteiger partial charge in [-0.15, -0.1) is 0 Å². The molecule has 1 nitrogen and oxygen atoms in total. The number of benzene rings is 1. The molecule has 2 heteroatoms. The Kier molecular flexibility index (Phi) is 1.03. The van der Waals surface area contributed by atoms with Crippen molar-refractivity contribution >= 4 is 25.1 Å². The van der Waals surface area contributed by atoms with E-state index < -0.39 is 0 Å². The molecule has 2 rings (SSSR count). The second-order valence-corrected chi connectivity index (χ2v) is 2.83. The van der Waals surface area contributed by atoms with E-state index in [0.29, 0.717) is 0 Å². The minimum Gasteiger partial charge on any atom is -0.251 e. The van der Waals surface area contributed by atoms with Crippen LogP contribution in [-0.2, 0) is 0 Å². The van der Waals surface area contributed by atoms with Crippen molar-refractivity contribution in [2.24, 2.45) is 0 Å². The van der Waals surface area contributed by atoms with Gasteiger partial charge in [-0.3, -0.25) is 5.32 Å². The summed E-state index contributed by atoms with van der Waals surface area (Å²) >= 11 is 0. The van der Waals surface area contributed by atoms with E-state index in [1.165, 1.54) is 13.5 Å². The van der Waals surface area contributed by atoms with Gasteiger partial charge in [0.1, 0.15) is 0 Å². The van der Waals surface area contributed by atoms with E-state index in [9.17, 15) is 0 Å². The number of para-hydroxylation sites is 1. The van der Waals surface area contributed by atoms with E-state index in [1.807, 2.05) is 24.1 Å². The molecule has 1 aromatic rings. The Morgan fingerprint density at radius 3 is 3.00 bits per heavy atom. The molecule has 0 N–H and O–H groups in total. The summed E-state index contributed by atoms with van der Waals surface area (Å²) in [5.41, 5.74) is 1.12. The van der Waals surface area contributed by atoms with Crippen LogP contribution in [0.3, 0.4) is 0 Å². The van der Waals surface area contributed by atoms with E-state index in [-0.39, 0.29) is 0 Å². The van der Waals surface area contributed by atoms with Crippen molar-refractivity contribution in [3.05, 3.63) is 24.3 Å². The smallest absolute Gasteiger partial charge is 0.0752 e. The van der Waals surface area contributed by atoms with Gasteiger partial charge in [0.25, 0.3) is 0 Å². The molecular formula is C7H5NP. The Labute approximate surface area is 55.5 Å². The summed E-state index contributed by atoms with van der Waals surface area (Å²) in [6.07, 6.45) is 0. The minimum atomic E-state index is 1.12. The molecular weight excluding hydrogens is 129 g/mol. The zero-order valence-corrected chi connectivity index (χ0v) is 5.68. The fourth-order valence-corrected chi connectivity index (χ4v) is 1.58. The average molecular weight is 134 g/mol. The van der Waals surface area contributed by atoms with Gasteiger partial charge in [-0.05, 0) is 20.3 Å². The Bertz CT molecular complexity index is 255. The number of hydrogen-bond donors (Lipinski definition) is 0. The van der Waals surface area contributed by atoms with Crippen molar-refractivity contribution < 1.29 is 0 Å². The van der Waals surface area contributed by atoms with Crippen molar-refractivity contribution in [2.75, 3.05) is 0 Å². The third-order valence-corrected chi connectivity index (χ3v) is 2.16. The third kappa shape index (κ3) is 0.739. The van der Waals surface area contributed by atoms with Crippen LogP contribution >= 0.6 is 8.20 Å². The van der Waals surface area contributed by atoms with Crippen LogP contribution in [0, 0.1) is 0 Å². The van der Waals surface area contributed by atoms with Crippen molar-refractivity contribution in [3.8, 4) is 0 Å². The zero-order valence-electron chi connectivity index (χ0n) is 4.78. The maximum absolute atomic E-state index is 4.16. The van der Waals surface area contributed by atoms with Gasteiger partial charge < -0.3 is 0 Å². The lowest BCUT2D eigenvalue weighted by Gasteiger charge is -1.91. The van der Waals surface area contributed by atoms with Crippen molar-refractivity contribution in [2.45, 2.75) is 0 Å². The molecule has 43 valence electrons. The molecule has 0 saturated carbocycles. The predicted octanol–water partition coefficient (Wildman–Crippen LogP) is 1.27. The van der Waals surface area contributed by atoms with Gasteiger partial charge in [0.2, 0.25) is 0 Å². The summed E-state index contributed by atoms with van der Waals surface area (Å²) in [7, 11) is 1.23. The number of rotatable bonds is 0. The first-order valence-corrected chi connectivity index (χ1v) is 3.75. The first-order valence-electron chi connectivity index (χ1n) is 2.79. The highest BCUT2D eigenvalue weighted by molar-refractivity contribution is 7.48. The fraction of sp³-hybridized carbons (Fsp3) is 0. The lowest BCUT2D eigenvalue weighted by atomic mass is 10.3. The van der Waals surface area contributed by atoms with Gasteiger partial charge in [-0.2, -0.15) is 0 Å². The quantitative estimate of drug-likeness (QED) is 0.474. The zero-order chi connectivity index (χ0) is 6.10. The maximum Gasteiger partial charge on any atom is 0.0752 e. The molecule has 0 aromatic heterocycles. The third-order valence-electron chi connectivity index (χ3n) is 1.28. The molecule has 0 bridgehead atoms. The van der Waals surface area contributed by atoms with Gasteiger partial charge in [0.05, 0.1) is 11.6 Å². The van der Waals surface area contributed by atoms with Crippen molar-refractivity contribution in [1.82, 2.24) is 5.32 Å². The molecule has 0 saturated heterocycles. The van der Waals surface area contributed by atoms with E-state index >= 15 is 0 Å². The maximum atomic E-state index is 4.16. The van der Waals surface area contributed by atoms with E-state index in [0.717, 1.165) is 5.69 Å². The van der Waals surface area contributed by atoms with Gasteiger partial charge in [-0.25, -0.2) is 0 Å². The highest BCUT2D eigenvalue weighted by Gasteiger charge is 2.02. The summed E-state index contributed by atoms with van der Waals surface area (Å²) in [6, 6.07) is 8.19.